The zero-order valence-electron chi connectivity index (χ0n) is 13.5. The van der Waals surface area contributed by atoms with Crippen molar-refractivity contribution in [2.24, 2.45) is 0 Å². The van der Waals surface area contributed by atoms with E-state index in [-0.39, 0.29) is 22.5 Å². The van der Waals surface area contributed by atoms with Gasteiger partial charge >= 0.3 is 5.97 Å². The van der Waals surface area contributed by atoms with Crippen LogP contribution in [0.1, 0.15) is 44.6 Å². The summed E-state index contributed by atoms with van der Waals surface area (Å²) in [6, 6.07) is 7.18. The van der Waals surface area contributed by atoms with Gasteiger partial charge in [-0.05, 0) is 37.6 Å². The molecule has 1 aromatic carbocycles. The van der Waals surface area contributed by atoms with Crippen LogP contribution < -0.4 is 4.74 Å². The minimum Gasteiger partial charge on any atom is -0.505 e. The van der Waals surface area contributed by atoms with Crippen molar-refractivity contribution in [1.82, 2.24) is 4.98 Å². The van der Waals surface area contributed by atoms with Crippen LogP contribution in [0.3, 0.4) is 0 Å². The summed E-state index contributed by atoms with van der Waals surface area (Å²) < 4.78 is 5.13. The van der Waals surface area contributed by atoms with E-state index in [4.69, 9.17) is 4.74 Å². The Bertz CT molecular complexity index is 840. The Morgan fingerprint density at radius 2 is 1.92 bits per heavy atom. The molecular formula is C18H17NO5. The van der Waals surface area contributed by atoms with Gasteiger partial charge in [-0.25, -0.2) is 9.78 Å². The van der Waals surface area contributed by atoms with E-state index in [2.05, 4.69) is 4.98 Å². The fraction of sp³-hybridized carbons (Fsp3) is 0.167. The van der Waals surface area contributed by atoms with Crippen molar-refractivity contribution in [2.75, 3.05) is 7.11 Å². The zero-order valence-corrected chi connectivity index (χ0v) is 13.5. The third kappa shape index (κ3) is 3.43. The SMILES string of the molecule is COc1cccc(/C=C/c2nc(C)c(O)c(C(C)=O)c2C(=O)O)c1. The number of carbonyl (C=O) groups excluding carboxylic acids is 1. The van der Waals surface area contributed by atoms with Crippen molar-refractivity contribution >= 4 is 23.9 Å². The lowest BCUT2D eigenvalue weighted by Crippen LogP contribution is -2.12. The van der Waals surface area contributed by atoms with Crippen LogP contribution in [-0.4, -0.2) is 34.1 Å². The van der Waals surface area contributed by atoms with Crippen molar-refractivity contribution in [2.45, 2.75) is 13.8 Å². The number of ether oxygens (including phenoxy) is 1. The van der Waals surface area contributed by atoms with Crippen LogP contribution in [0.2, 0.25) is 0 Å². The van der Waals surface area contributed by atoms with Crippen molar-refractivity contribution in [1.29, 1.82) is 0 Å². The summed E-state index contributed by atoms with van der Waals surface area (Å²) in [6.45, 7) is 2.72. The number of hydrogen-bond donors (Lipinski definition) is 2. The second kappa shape index (κ2) is 6.95. The molecule has 0 aliphatic carbocycles. The third-order valence-corrected chi connectivity index (χ3v) is 3.47. The molecule has 6 heteroatoms. The number of benzene rings is 1. The van der Waals surface area contributed by atoms with Crippen LogP contribution in [0, 0.1) is 6.92 Å². The molecular weight excluding hydrogens is 310 g/mol. The highest BCUT2D eigenvalue weighted by atomic mass is 16.5. The molecule has 0 saturated carbocycles. The topological polar surface area (TPSA) is 96.7 Å². The number of aromatic nitrogens is 1. The average molecular weight is 327 g/mol. The molecule has 0 unspecified atom stereocenters. The highest BCUT2D eigenvalue weighted by molar-refractivity contribution is 6.08. The normalized spacial score (nSPS) is 10.8. The van der Waals surface area contributed by atoms with E-state index in [1.54, 1.807) is 31.4 Å². The maximum Gasteiger partial charge on any atom is 0.338 e. The molecule has 24 heavy (non-hydrogen) atoms. The summed E-state index contributed by atoms with van der Waals surface area (Å²) in [7, 11) is 1.55. The van der Waals surface area contributed by atoms with Crippen LogP contribution >= 0.6 is 0 Å². The molecule has 0 saturated heterocycles. The lowest BCUT2D eigenvalue weighted by molar-refractivity contribution is 0.0690. The van der Waals surface area contributed by atoms with Crippen molar-refractivity contribution in [3.8, 4) is 11.5 Å². The number of pyridine rings is 1. The Kier molecular flexibility index (Phi) is 4.99. The predicted molar refractivity (Wildman–Crippen MR) is 89.5 cm³/mol. The number of ketones is 1. The Hall–Kier alpha value is -3.15. The van der Waals surface area contributed by atoms with E-state index in [1.165, 1.54) is 19.9 Å². The van der Waals surface area contributed by atoms with Crippen LogP contribution in [0.5, 0.6) is 11.5 Å². The monoisotopic (exact) mass is 327 g/mol. The number of carboxylic acid groups (broad SMARTS) is 1. The van der Waals surface area contributed by atoms with Crippen LogP contribution in [-0.2, 0) is 0 Å². The number of Topliss-reactive ketones (excluding diaryl/α,β-unsaturated/α-hetero) is 1. The lowest BCUT2D eigenvalue weighted by Gasteiger charge is -2.11. The number of methoxy groups -OCH3 is 1. The Morgan fingerprint density at radius 1 is 1.21 bits per heavy atom. The Morgan fingerprint density at radius 3 is 2.50 bits per heavy atom. The van der Waals surface area contributed by atoms with Crippen LogP contribution in [0.15, 0.2) is 24.3 Å². The van der Waals surface area contributed by atoms with Crippen LogP contribution in [0.4, 0.5) is 0 Å². The summed E-state index contributed by atoms with van der Waals surface area (Å²) >= 11 is 0. The smallest absolute Gasteiger partial charge is 0.338 e. The number of carbonyl (C=O) groups is 2. The van der Waals surface area contributed by atoms with E-state index < -0.39 is 17.5 Å². The van der Waals surface area contributed by atoms with Gasteiger partial charge in [0.1, 0.15) is 11.5 Å². The number of aromatic carboxylic acids is 1. The quantitative estimate of drug-likeness (QED) is 0.819. The maximum absolute atomic E-state index is 11.8. The summed E-state index contributed by atoms with van der Waals surface area (Å²) in [4.78, 5) is 27.4. The van der Waals surface area contributed by atoms with E-state index in [1.807, 2.05) is 6.07 Å². The highest BCUT2D eigenvalue weighted by Crippen LogP contribution is 2.28. The minimum absolute atomic E-state index is 0.103. The van der Waals surface area contributed by atoms with Gasteiger partial charge in [-0.3, -0.25) is 4.79 Å². The number of carboxylic acids is 1. The molecule has 0 bridgehead atoms. The third-order valence-electron chi connectivity index (χ3n) is 3.47. The number of hydrogen-bond acceptors (Lipinski definition) is 5. The van der Waals surface area contributed by atoms with Gasteiger partial charge in [0.25, 0.3) is 0 Å². The van der Waals surface area contributed by atoms with Gasteiger partial charge in [0.05, 0.1) is 29.6 Å². The molecule has 2 aromatic rings. The Labute approximate surface area is 139 Å². The lowest BCUT2D eigenvalue weighted by atomic mass is 10.00. The first kappa shape index (κ1) is 17.2. The fourth-order valence-electron chi connectivity index (χ4n) is 2.32. The van der Waals surface area contributed by atoms with E-state index in [9.17, 15) is 19.8 Å². The molecule has 0 amide bonds. The molecule has 0 aliphatic heterocycles. The molecule has 0 atom stereocenters. The molecule has 0 fully saturated rings. The minimum atomic E-state index is -1.33. The van der Waals surface area contributed by atoms with Gasteiger partial charge in [0.2, 0.25) is 0 Å². The summed E-state index contributed by atoms with van der Waals surface area (Å²) in [6.07, 6.45) is 3.16. The molecule has 0 spiro atoms. The summed E-state index contributed by atoms with van der Waals surface area (Å²) in [5, 5.41) is 19.4. The first-order chi connectivity index (χ1) is 11.3. The van der Waals surface area contributed by atoms with Gasteiger partial charge in [-0.1, -0.05) is 18.2 Å². The molecule has 1 aromatic heterocycles. The largest absolute Gasteiger partial charge is 0.505 e. The molecule has 6 nitrogen and oxygen atoms in total. The Balaban J connectivity index is 2.59. The first-order valence-corrected chi connectivity index (χ1v) is 7.15. The van der Waals surface area contributed by atoms with Crippen molar-refractivity contribution in [3.63, 3.8) is 0 Å². The second-order valence-corrected chi connectivity index (χ2v) is 5.15. The highest BCUT2D eigenvalue weighted by Gasteiger charge is 2.24. The van der Waals surface area contributed by atoms with Crippen molar-refractivity contribution < 1.29 is 24.5 Å². The average Bonchev–Trinajstić information content (AvgIpc) is 2.54. The molecule has 0 radical (unpaired) electrons. The molecule has 124 valence electrons. The number of aryl methyl sites for hydroxylation is 1. The molecule has 2 N–H and O–H groups in total. The van der Waals surface area contributed by atoms with E-state index >= 15 is 0 Å². The molecule has 1 heterocycles. The van der Waals surface area contributed by atoms with Gasteiger partial charge in [-0.15, -0.1) is 0 Å². The van der Waals surface area contributed by atoms with Gasteiger partial charge in [0.15, 0.2) is 5.78 Å². The maximum atomic E-state index is 11.8. The number of rotatable bonds is 5. The molecule has 0 aliphatic rings. The van der Waals surface area contributed by atoms with Gasteiger partial charge in [-0.2, -0.15) is 0 Å². The van der Waals surface area contributed by atoms with Gasteiger partial charge in [0, 0.05) is 0 Å². The summed E-state index contributed by atoms with van der Waals surface area (Å²) in [5.41, 5.74) is 0.522. The number of aromatic hydroxyl groups is 1. The predicted octanol–water partition coefficient (Wildman–Crippen LogP) is 3.18. The summed E-state index contributed by atoms with van der Waals surface area (Å²) in [5.74, 6) is -1.60. The van der Waals surface area contributed by atoms with E-state index in [0.717, 1.165) is 5.56 Å². The van der Waals surface area contributed by atoms with E-state index in [0.29, 0.717) is 5.75 Å². The standard InChI is InChI=1S/C18H17NO5/c1-10-17(21)15(11(2)20)16(18(22)23)14(19-10)8-7-12-5-4-6-13(9-12)24-3/h4-9,21H,1-3H3,(H,22,23)/b8-7+. The first-order valence-electron chi connectivity index (χ1n) is 7.15. The van der Waals surface area contributed by atoms with Crippen molar-refractivity contribution in [3.05, 3.63) is 52.3 Å². The fourth-order valence-corrected chi connectivity index (χ4v) is 2.32. The zero-order chi connectivity index (χ0) is 17.9. The van der Waals surface area contributed by atoms with Crippen LogP contribution in [0.25, 0.3) is 12.2 Å². The van der Waals surface area contributed by atoms with Gasteiger partial charge < -0.3 is 14.9 Å². The molecule has 2 rings (SSSR count). The second-order valence-electron chi connectivity index (χ2n) is 5.15. The number of nitrogens with zero attached hydrogens (tertiary/aromatic N) is 1.